The monoisotopic (exact) mass is 410 g/mol. The summed E-state index contributed by atoms with van der Waals surface area (Å²) in [6, 6.07) is 11.2. The molecule has 0 aromatic heterocycles. The second-order valence-electron chi connectivity index (χ2n) is 8.11. The number of carboxylic acid groups (broad SMARTS) is 1. The van der Waals surface area contributed by atoms with Gasteiger partial charge in [0, 0.05) is 29.8 Å². The number of ether oxygens (including phenoxy) is 1. The standard InChI is InChI=1S/C22H19FN2O5/c23-17-11-13(24-20(28)29)5-6-16(17)21(7-8-21)19(27)25-10-9-22(12-25)15-4-2-1-3-14(15)18(26)30-22/h1-6,11,24H,7-10,12H2,(H,28,29)/t22-/m0/s1. The quantitative estimate of drug-likeness (QED) is 0.758. The molecule has 7 nitrogen and oxygen atoms in total. The lowest BCUT2D eigenvalue weighted by Gasteiger charge is -2.27. The van der Waals surface area contributed by atoms with Crippen molar-refractivity contribution in [1.29, 1.82) is 0 Å². The Bertz CT molecular complexity index is 1100. The Hall–Kier alpha value is -3.42. The molecule has 1 saturated carbocycles. The number of esters is 1. The Morgan fingerprint density at radius 2 is 1.87 bits per heavy atom. The van der Waals surface area contributed by atoms with Gasteiger partial charge in [-0.3, -0.25) is 10.1 Å². The number of likely N-dealkylation sites (tertiary alicyclic amines) is 1. The third-order valence-electron chi connectivity index (χ3n) is 6.34. The summed E-state index contributed by atoms with van der Waals surface area (Å²) in [5, 5.41) is 10.9. The van der Waals surface area contributed by atoms with Crippen LogP contribution in [0.15, 0.2) is 42.5 Å². The van der Waals surface area contributed by atoms with Gasteiger partial charge < -0.3 is 14.7 Å². The zero-order valence-corrected chi connectivity index (χ0v) is 16.0. The topological polar surface area (TPSA) is 95.9 Å². The van der Waals surface area contributed by atoms with E-state index in [1.165, 1.54) is 12.1 Å². The normalized spacial score (nSPS) is 23.2. The minimum atomic E-state index is -1.28. The molecule has 1 atom stereocenters. The Labute approximate surface area is 171 Å². The number of anilines is 1. The summed E-state index contributed by atoms with van der Waals surface area (Å²) in [5.74, 6) is -1.18. The Morgan fingerprint density at radius 3 is 2.57 bits per heavy atom. The van der Waals surface area contributed by atoms with Crippen LogP contribution in [0.25, 0.3) is 0 Å². The number of carbonyl (C=O) groups excluding carboxylic acids is 2. The van der Waals surface area contributed by atoms with Gasteiger partial charge in [-0.1, -0.05) is 24.3 Å². The van der Waals surface area contributed by atoms with Crippen LogP contribution < -0.4 is 5.32 Å². The first-order valence-electron chi connectivity index (χ1n) is 9.77. The first-order valence-corrected chi connectivity index (χ1v) is 9.77. The molecule has 2 aromatic rings. The van der Waals surface area contributed by atoms with E-state index in [0.29, 0.717) is 31.4 Å². The summed E-state index contributed by atoms with van der Waals surface area (Å²) >= 11 is 0. The van der Waals surface area contributed by atoms with E-state index in [4.69, 9.17) is 9.84 Å². The molecule has 154 valence electrons. The number of hydrogen-bond acceptors (Lipinski definition) is 4. The van der Waals surface area contributed by atoms with Gasteiger partial charge in [0.15, 0.2) is 5.60 Å². The third-order valence-corrected chi connectivity index (χ3v) is 6.34. The van der Waals surface area contributed by atoms with Crippen LogP contribution in [-0.4, -0.2) is 41.1 Å². The number of nitrogens with zero attached hydrogens (tertiary/aromatic N) is 1. The number of carbonyl (C=O) groups is 3. The zero-order valence-electron chi connectivity index (χ0n) is 16.0. The lowest BCUT2D eigenvalue weighted by molar-refractivity contribution is -0.134. The summed E-state index contributed by atoms with van der Waals surface area (Å²) in [4.78, 5) is 38.1. The molecule has 2 aliphatic heterocycles. The molecular weight excluding hydrogens is 391 g/mol. The van der Waals surface area contributed by atoms with Crippen LogP contribution in [-0.2, 0) is 20.5 Å². The summed E-state index contributed by atoms with van der Waals surface area (Å²) in [7, 11) is 0. The fourth-order valence-corrected chi connectivity index (χ4v) is 4.73. The minimum absolute atomic E-state index is 0.113. The molecule has 2 heterocycles. The average Bonchev–Trinajstić information content (AvgIpc) is 3.32. The SMILES string of the molecule is O=C(O)Nc1ccc(C2(C(=O)N3CC[C@@]4(C3)OC(=O)c3ccccc34)CC2)c(F)c1. The summed E-state index contributed by atoms with van der Waals surface area (Å²) in [6.07, 6.45) is 0.262. The van der Waals surface area contributed by atoms with Gasteiger partial charge in [-0.05, 0) is 31.0 Å². The predicted molar refractivity (Wildman–Crippen MR) is 104 cm³/mol. The largest absolute Gasteiger partial charge is 0.465 e. The highest BCUT2D eigenvalue weighted by Crippen LogP contribution is 2.52. The van der Waals surface area contributed by atoms with Gasteiger partial charge >= 0.3 is 12.1 Å². The Morgan fingerprint density at radius 1 is 1.10 bits per heavy atom. The molecule has 2 N–H and O–H groups in total. The van der Waals surface area contributed by atoms with Crippen LogP contribution in [0.3, 0.4) is 0 Å². The minimum Gasteiger partial charge on any atom is -0.465 e. The number of amides is 2. The van der Waals surface area contributed by atoms with Gasteiger partial charge in [-0.15, -0.1) is 0 Å². The number of nitrogens with one attached hydrogen (secondary N) is 1. The summed E-state index contributed by atoms with van der Waals surface area (Å²) in [5.41, 5.74) is -0.0760. The smallest absolute Gasteiger partial charge is 0.409 e. The lowest BCUT2D eigenvalue weighted by atomic mass is 9.91. The van der Waals surface area contributed by atoms with Crippen LogP contribution in [0.2, 0.25) is 0 Å². The van der Waals surface area contributed by atoms with E-state index in [-0.39, 0.29) is 29.7 Å². The van der Waals surface area contributed by atoms with Crippen LogP contribution in [0, 0.1) is 5.82 Å². The van der Waals surface area contributed by atoms with Crippen LogP contribution in [0.1, 0.15) is 40.7 Å². The maximum absolute atomic E-state index is 14.8. The van der Waals surface area contributed by atoms with Crippen molar-refractivity contribution in [2.24, 2.45) is 0 Å². The molecule has 1 aliphatic carbocycles. The van der Waals surface area contributed by atoms with Crippen LogP contribution in [0.4, 0.5) is 14.9 Å². The van der Waals surface area contributed by atoms with Gasteiger partial charge in [0.1, 0.15) is 5.82 Å². The highest BCUT2D eigenvalue weighted by atomic mass is 19.1. The molecule has 0 radical (unpaired) electrons. The third kappa shape index (κ3) is 2.67. The summed E-state index contributed by atoms with van der Waals surface area (Å²) in [6.45, 7) is 0.666. The van der Waals surface area contributed by atoms with Crippen molar-refractivity contribution in [3.8, 4) is 0 Å². The van der Waals surface area contributed by atoms with Gasteiger partial charge in [0.2, 0.25) is 5.91 Å². The molecule has 5 rings (SSSR count). The molecule has 1 saturated heterocycles. The van der Waals surface area contributed by atoms with Crippen molar-refractivity contribution < 1.29 is 28.6 Å². The number of rotatable bonds is 3. The number of hydrogen-bond donors (Lipinski definition) is 2. The molecule has 30 heavy (non-hydrogen) atoms. The Balaban J connectivity index is 1.40. The van der Waals surface area contributed by atoms with E-state index in [1.807, 2.05) is 12.1 Å². The molecule has 0 bridgehead atoms. The van der Waals surface area contributed by atoms with Crippen LogP contribution in [0.5, 0.6) is 0 Å². The van der Waals surface area contributed by atoms with E-state index in [2.05, 4.69) is 5.32 Å². The van der Waals surface area contributed by atoms with Crippen molar-refractivity contribution in [3.05, 3.63) is 65.0 Å². The first-order chi connectivity index (χ1) is 14.3. The van der Waals surface area contributed by atoms with E-state index >= 15 is 0 Å². The fourth-order valence-electron chi connectivity index (χ4n) is 4.73. The van der Waals surface area contributed by atoms with E-state index in [9.17, 15) is 18.8 Å². The maximum atomic E-state index is 14.8. The highest BCUT2D eigenvalue weighted by Gasteiger charge is 2.58. The van der Waals surface area contributed by atoms with Crippen molar-refractivity contribution in [2.75, 3.05) is 18.4 Å². The van der Waals surface area contributed by atoms with Crippen LogP contribution >= 0.6 is 0 Å². The number of fused-ring (bicyclic) bond motifs is 2. The number of benzene rings is 2. The van der Waals surface area contributed by atoms with E-state index < -0.39 is 22.9 Å². The van der Waals surface area contributed by atoms with Crippen molar-refractivity contribution in [3.63, 3.8) is 0 Å². The molecule has 1 spiro atoms. The Kier molecular flexibility index (Phi) is 3.90. The second kappa shape index (κ2) is 6.29. The zero-order chi connectivity index (χ0) is 21.1. The molecule has 3 aliphatic rings. The maximum Gasteiger partial charge on any atom is 0.409 e. The van der Waals surface area contributed by atoms with Gasteiger partial charge in [0.25, 0.3) is 0 Å². The lowest BCUT2D eigenvalue weighted by Crippen LogP contribution is -2.40. The van der Waals surface area contributed by atoms with Gasteiger partial charge in [-0.25, -0.2) is 14.0 Å². The van der Waals surface area contributed by atoms with Crippen molar-refractivity contribution >= 4 is 23.7 Å². The second-order valence-corrected chi connectivity index (χ2v) is 8.11. The molecule has 2 aromatic carbocycles. The average molecular weight is 410 g/mol. The van der Waals surface area contributed by atoms with Gasteiger partial charge in [-0.2, -0.15) is 0 Å². The fraction of sp³-hybridized carbons (Fsp3) is 0.318. The molecule has 8 heteroatoms. The van der Waals surface area contributed by atoms with E-state index in [0.717, 1.165) is 11.6 Å². The molecule has 0 unspecified atom stereocenters. The molecule has 2 fully saturated rings. The van der Waals surface area contributed by atoms with E-state index in [1.54, 1.807) is 17.0 Å². The predicted octanol–water partition coefficient (Wildman–Crippen LogP) is 3.25. The van der Waals surface area contributed by atoms with Crippen molar-refractivity contribution in [2.45, 2.75) is 30.3 Å². The summed E-state index contributed by atoms with van der Waals surface area (Å²) < 4.78 is 20.5. The first kappa shape index (κ1) is 18.6. The molecule has 2 amide bonds. The van der Waals surface area contributed by atoms with Crippen molar-refractivity contribution in [1.82, 2.24) is 4.90 Å². The highest BCUT2D eigenvalue weighted by molar-refractivity contribution is 5.96. The number of halogens is 1. The van der Waals surface area contributed by atoms with Gasteiger partial charge in [0.05, 0.1) is 17.5 Å². The molecular formula is C22H19FN2O5.